The molecule has 1 saturated heterocycles. The Morgan fingerprint density at radius 3 is 2.40 bits per heavy atom. The number of benzene rings is 1. The van der Waals surface area contributed by atoms with Gasteiger partial charge in [-0.3, -0.25) is 9.59 Å². The van der Waals surface area contributed by atoms with Crippen molar-refractivity contribution in [1.29, 1.82) is 0 Å². The van der Waals surface area contributed by atoms with Gasteiger partial charge in [0.05, 0.1) is 0 Å². The van der Waals surface area contributed by atoms with Crippen molar-refractivity contribution in [3.63, 3.8) is 0 Å². The van der Waals surface area contributed by atoms with E-state index in [1.807, 2.05) is 6.07 Å². The maximum Gasteiger partial charge on any atom is 0.227 e. The van der Waals surface area contributed by atoms with Crippen LogP contribution in [-0.4, -0.2) is 24.8 Å². The van der Waals surface area contributed by atoms with Gasteiger partial charge in [-0.25, -0.2) is 0 Å². The lowest BCUT2D eigenvalue weighted by Crippen LogP contribution is -2.40. The Morgan fingerprint density at radius 2 is 1.76 bits per heavy atom. The molecule has 1 amide bonds. The fraction of sp³-hybridized carbons (Fsp3) is 0.619. The maximum atomic E-state index is 12.7. The quantitative estimate of drug-likeness (QED) is 0.907. The molecule has 1 N–H and O–H groups in total. The van der Waals surface area contributed by atoms with E-state index in [0.29, 0.717) is 5.78 Å². The van der Waals surface area contributed by atoms with Gasteiger partial charge in [0.1, 0.15) is 5.78 Å². The van der Waals surface area contributed by atoms with Crippen LogP contribution in [-0.2, 0) is 9.59 Å². The topological polar surface area (TPSA) is 49.4 Å². The van der Waals surface area contributed by atoms with Gasteiger partial charge in [0, 0.05) is 42.2 Å². The van der Waals surface area contributed by atoms with Crippen molar-refractivity contribution < 1.29 is 9.59 Å². The Hall–Kier alpha value is -1.84. The summed E-state index contributed by atoms with van der Waals surface area (Å²) in [5.74, 6) is 0.760. The molecule has 134 valence electrons. The van der Waals surface area contributed by atoms with E-state index in [4.69, 9.17) is 0 Å². The van der Waals surface area contributed by atoms with Crippen LogP contribution in [0, 0.1) is 24.7 Å². The minimum absolute atomic E-state index is 0.00781. The molecule has 4 heteroatoms. The molecule has 2 saturated carbocycles. The van der Waals surface area contributed by atoms with Crippen LogP contribution in [0.5, 0.6) is 0 Å². The number of rotatable bonds is 3. The van der Waals surface area contributed by atoms with Crippen molar-refractivity contribution in [3.05, 3.63) is 23.8 Å². The lowest BCUT2D eigenvalue weighted by Gasteiger charge is -2.37. The predicted molar refractivity (Wildman–Crippen MR) is 99.8 cm³/mol. The van der Waals surface area contributed by atoms with Gasteiger partial charge in [0.2, 0.25) is 5.91 Å². The number of carbonyl (C=O) groups excluding carboxylic acids is 2. The summed E-state index contributed by atoms with van der Waals surface area (Å²) in [5.41, 5.74) is 3.39. The largest absolute Gasteiger partial charge is 0.371 e. The van der Waals surface area contributed by atoms with Gasteiger partial charge in [-0.2, -0.15) is 0 Å². The maximum absolute atomic E-state index is 12.7. The molecule has 3 fully saturated rings. The molecule has 4 nitrogen and oxygen atoms in total. The molecule has 25 heavy (non-hydrogen) atoms. The zero-order chi connectivity index (χ0) is 17.4. The van der Waals surface area contributed by atoms with Gasteiger partial charge in [0.15, 0.2) is 0 Å². The van der Waals surface area contributed by atoms with E-state index in [1.54, 1.807) is 0 Å². The van der Waals surface area contributed by atoms with Crippen molar-refractivity contribution in [2.75, 3.05) is 23.3 Å². The minimum Gasteiger partial charge on any atom is -0.371 e. The summed E-state index contributed by atoms with van der Waals surface area (Å²) in [6, 6.07) is 6.24. The second-order valence-electron chi connectivity index (χ2n) is 8.08. The number of aryl methyl sites for hydroxylation is 1. The second kappa shape index (κ2) is 6.81. The minimum atomic E-state index is -0.00781. The van der Waals surface area contributed by atoms with Gasteiger partial charge in [0.25, 0.3) is 0 Å². The Bertz CT molecular complexity index is 662. The SMILES string of the molecule is Cc1cc(NC(=O)C2C[C@H]3CCC[C@@H](C2)C3=O)ccc1N1CCCC1. The molecule has 4 rings (SSSR count). The van der Waals surface area contributed by atoms with Crippen molar-refractivity contribution >= 4 is 23.1 Å². The highest BCUT2D eigenvalue weighted by molar-refractivity contribution is 5.95. The average Bonchev–Trinajstić information content (AvgIpc) is 3.08. The lowest BCUT2D eigenvalue weighted by molar-refractivity contribution is -0.136. The van der Waals surface area contributed by atoms with Crippen molar-refractivity contribution in [3.8, 4) is 0 Å². The molecule has 3 aliphatic rings. The Morgan fingerprint density at radius 1 is 1.08 bits per heavy atom. The van der Waals surface area contributed by atoms with Crippen molar-refractivity contribution in [2.24, 2.45) is 17.8 Å². The Labute approximate surface area is 150 Å². The zero-order valence-electron chi connectivity index (χ0n) is 15.1. The Kier molecular flexibility index (Phi) is 4.53. The van der Waals surface area contributed by atoms with E-state index in [1.165, 1.54) is 24.1 Å². The summed E-state index contributed by atoms with van der Waals surface area (Å²) < 4.78 is 0. The number of Topliss-reactive ketones (excluding diaryl/α,β-unsaturated/α-hetero) is 1. The van der Waals surface area contributed by atoms with E-state index >= 15 is 0 Å². The number of hydrogen-bond acceptors (Lipinski definition) is 3. The zero-order valence-corrected chi connectivity index (χ0v) is 15.1. The molecule has 1 unspecified atom stereocenters. The van der Waals surface area contributed by atoms with Crippen LogP contribution in [0.15, 0.2) is 18.2 Å². The number of anilines is 2. The smallest absolute Gasteiger partial charge is 0.227 e. The third kappa shape index (κ3) is 3.31. The summed E-state index contributed by atoms with van der Waals surface area (Å²) in [6.07, 6.45) is 7.11. The summed E-state index contributed by atoms with van der Waals surface area (Å²) >= 11 is 0. The highest BCUT2D eigenvalue weighted by Crippen LogP contribution is 2.40. The highest BCUT2D eigenvalue weighted by atomic mass is 16.2. The summed E-state index contributed by atoms with van der Waals surface area (Å²) in [5, 5.41) is 3.11. The van der Waals surface area contributed by atoms with E-state index in [0.717, 1.165) is 50.9 Å². The van der Waals surface area contributed by atoms with Crippen LogP contribution in [0.1, 0.15) is 50.5 Å². The van der Waals surface area contributed by atoms with Crippen LogP contribution >= 0.6 is 0 Å². The molecule has 0 radical (unpaired) electrons. The number of amides is 1. The normalized spacial score (nSPS) is 28.9. The predicted octanol–water partition coefficient (Wildman–Crippen LogP) is 3.93. The molecule has 1 heterocycles. The third-order valence-corrected chi connectivity index (χ3v) is 6.33. The van der Waals surface area contributed by atoms with Gasteiger partial charge in [-0.1, -0.05) is 6.42 Å². The van der Waals surface area contributed by atoms with E-state index < -0.39 is 0 Å². The molecule has 1 aromatic carbocycles. The molecule has 0 spiro atoms. The first-order chi connectivity index (χ1) is 12.1. The van der Waals surface area contributed by atoms with Crippen LogP contribution in [0.25, 0.3) is 0 Å². The highest BCUT2D eigenvalue weighted by Gasteiger charge is 2.41. The monoisotopic (exact) mass is 340 g/mol. The molecule has 2 aliphatic carbocycles. The van der Waals surface area contributed by atoms with Crippen molar-refractivity contribution in [1.82, 2.24) is 0 Å². The number of nitrogens with zero attached hydrogens (tertiary/aromatic N) is 1. The number of fused-ring (bicyclic) bond motifs is 2. The van der Waals surface area contributed by atoms with Crippen LogP contribution in [0.3, 0.4) is 0 Å². The third-order valence-electron chi connectivity index (χ3n) is 6.33. The molecule has 1 aromatic rings. The molecule has 2 bridgehead atoms. The molecule has 1 aliphatic heterocycles. The summed E-state index contributed by atoms with van der Waals surface area (Å²) in [7, 11) is 0. The van der Waals surface area contributed by atoms with E-state index in [9.17, 15) is 9.59 Å². The average molecular weight is 340 g/mol. The van der Waals surface area contributed by atoms with Gasteiger partial charge in [-0.05, 0) is 69.2 Å². The molecular weight excluding hydrogens is 312 g/mol. The Balaban J connectivity index is 1.42. The fourth-order valence-electron chi connectivity index (χ4n) is 4.98. The van der Waals surface area contributed by atoms with E-state index in [2.05, 4.69) is 29.3 Å². The number of ketones is 1. The summed E-state index contributed by atoms with van der Waals surface area (Å²) in [6.45, 7) is 4.38. The van der Waals surface area contributed by atoms with Crippen molar-refractivity contribution in [2.45, 2.75) is 51.9 Å². The van der Waals surface area contributed by atoms with Crippen LogP contribution in [0.4, 0.5) is 11.4 Å². The summed E-state index contributed by atoms with van der Waals surface area (Å²) in [4.78, 5) is 27.4. The first-order valence-corrected chi connectivity index (χ1v) is 9.82. The number of nitrogens with one attached hydrogen (secondary N) is 1. The van der Waals surface area contributed by atoms with Gasteiger partial charge < -0.3 is 10.2 Å². The molecule has 0 aromatic heterocycles. The van der Waals surface area contributed by atoms with Gasteiger partial charge >= 0.3 is 0 Å². The fourth-order valence-corrected chi connectivity index (χ4v) is 4.98. The van der Waals surface area contributed by atoms with Gasteiger partial charge in [-0.15, -0.1) is 0 Å². The first-order valence-electron chi connectivity index (χ1n) is 9.82. The number of hydrogen-bond donors (Lipinski definition) is 1. The number of carbonyl (C=O) groups is 2. The van der Waals surface area contributed by atoms with Crippen LogP contribution < -0.4 is 10.2 Å². The second-order valence-corrected chi connectivity index (χ2v) is 8.08. The lowest BCUT2D eigenvalue weighted by atomic mass is 9.67. The standard InChI is InChI=1S/C21H28N2O2/c1-14-11-18(7-8-19(14)23-9-2-3-10-23)22-21(25)17-12-15-5-4-6-16(13-17)20(15)24/h7-8,11,15-17H,2-6,9-10,12-13H2,1H3,(H,22,25)/t15-,16+,17?. The van der Waals surface area contributed by atoms with E-state index in [-0.39, 0.29) is 23.7 Å². The van der Waals surface area contributed by atoms with Crippen LogP contribution in [0.2, 0.25) is 0 Å². The molecule has 3 atom stereocenters. The molecular formula is C21H28N2O2. The first kappa shape index (κ1) is 16.6.